The van der Waals surface area contributed by atoms with E-state index >= 15 is 0 Å². The van der Waals surface area contributed by atoms with E-state index in [1.54, 1.807) is 12.2 Å². The third kappa shape index (κ3) is 4.07. The number of carbonyl (C=O) groups is 3. The van der Waals surface area contributed by atoms with E-state index in [4.69, 9.17) is 0 Å². The largest absolute Gasteiger partial charge is 0.480 e. The molecule has 134 valence electrons. The molecular formula is C15H19F3N2O4. The highest BCUT2D eigenvalue weighted by atomic mass is 19.4. The summed E-state index contributed by atoms with van der Waals surface area (Å²) in [5, 5.41) is 12.0. The molecule has 0 radical (unpaired) electrons. The molecule has 0 unspecified atom stereocenters. The number of nitrogens with zero attached hydrogens (tertiary/aromatic N) is 1. The van der Waals surface area contributed by atoms with Gasteiger partial charge in [0.05, 0.1) is 0 Å². The van der Waals surface area contributed by atoms with Crippen LogP contribution >= 0.6 is 0 Å². The van der Waals surface area contributed by atoms with E-state index in [9.17, 15) is 32.7 Å². The Morgan fingerprint density at radius 2 is 1.71 bits per heavy atom. The molecule has 24 heavy (non-hydrogen) atoms. The van der Waals surface area contributed by atoms with Crippen molar-refractivity contribution in [1.29, 1.82) is 0 Å². The molecule has 9 heteroatoms. The lowest BCUT2D eigenvalue weighted by molar-refractivity contribution is -0.162. The van der Waals surface area contributed by atoms with Gasteiger partial charge in [-0.2, -0.15) is 13.2 Å². The summed E-state index contributed by atoms with van der Waals surface area (Å²) in [5.41, 5.74) is -1.50. The zero-order valence-electron chi connectivity index (χ0n) is 12.9. The summed E-state index contributed by atoms with van der Waals surface area (Å²) < 4.78 is 36.7. The molecule has 0 aromatic rings. The van der Waals surface area contributed by atoms with Gasteiger partial charge in [-0.15, -0.1) is 0 Å². The van der Waals surface area contributed by atoms with Gasteiger partial charge in [0.1, 0.15) is 6.42 Å². The molecule has 2 rings (SSSR count). The van der Waals surface area contributed by atoms with Crippen molar-refractivity contribution >= 4 is 17.8 Å². The molecule has 2 aliphatic rings. The Bertz CT molecular complexity index is 543. The number of alkyl halides is 3. The topological polar surface area (TPSA) is 86.7 Å². The van der Waals surface area contributed by atoms with Gasteiger partial charge < -0.3 is 15.3 Å². The molecule has 0 aromatic carbocycles. The maximum Gasteiger partial charge on any atom is 0.397 e. The molecule has 2 amide bonds. The Morgan fingerprint density at radius 3 is 2.17 bits per heavy atom. The van der Waals surface area contributed by atoms with Crippen LogP contribution in [-0.4, -0.2) is 53.1 Å². The highest BCUT2D eigenvalue weighted by molar-refractivity contribution is 6.02. The number of likely N-dealkylation sites (tertiary alicyclic amines) is 1. The van der Waals surface area contributed by atoms with E-state index in [0.29, 0.717) is 12.8 Å². The van der Waals surface area contributed by atoms with Gasteiger partial charge in [-0.25, -0.2) is 0 Å². The number of carboxylic acids is 1. The van der Waals surface area contributed by atoms with E-state index in [0.717, 1.165) is 4.90 Å². The fourth-order valence-corrected chi connectivity index (χ4v) is 2.99. The molecule has 0 spiro atoms. The van der Waals surface area contributed by atoms with Crippen molar-refractivity contribution in [2.45, 2.75) is 44.3 Å². The molecule has 1 aliphatic heterocycles. The van der Waals surface area contributed by atoms with Crippen molar-refractivity contribution in [3.8, 4) is 0 Å². The zero-order chi connectivity index (χ0) is 18.0. The van der Waals surface area contributed by atoms with Crippen molar-refractivity contribution in [3.05, 3.63) is 12.2 Å². The smallest absolute Gasteiger partial charge is 0.397 e. The highest BCUT2D eigenvalue weighted by Gasteiger charge is 2.47. The van der Waals surface area contributed by atoms with E-state index in [1.165, 1.54) is 0 Å². The van der Waals surface area contributed by atoms with Gasteiger partial charge >= 0.3 is 12.1 Å². The summed E-state index contributed by atoms with van der Waals surface area (Å²) in [5.74, 6) is -2.75. The van der Waals surface area contributed by atoms with Crippen molar-refractivity contribution in [2.75, 3.05) is 13.1 Å². The van der Waals surface area contributed by atoms with Crippen LogP contribution in [0.3, 0.4) is 0 Å². The number of amides is 2. The van der Waals surface area contributed by atoms with Crippen LogP contribution in [0.2, 0.25) is 0 Å². The van der Waals surface area contributed by atoms with Crippen LogP contribution < -0.4 is 5.32 Å². The lowest BCUT2D eigenvalue weighted by Crippen LogP contribution is -2.52. The van der Waals surface area contributed by atoms with Crippen molar-refractivity contribution in [1.82, 2.24) is 10.2 Å². The number of aliphatic carboxylic acids is 1. The number of nitrogens with one attached hydrogen (secondary N) is 1. The van der Waals surface area contributed by atoms with Crippen LogP contribution in [0.5, 0.6) is 0 Å². The number of hydrogen-bond acceptors (Lipinski definition) is 3. The van der Waals surface area contributed by atoms with Crippen LogP contribution in [0.15, 0.2) is 12.2 Å². The van der Waals surface area contributed by atoms with Crippen LogP contribution in [0.4, 0.5) is 13.2 Å². The van der Waals surface area contributed by atoms with Gasteiger partial charge in [0, 0.05) is 19.1 Å². The summed E-state index contributed by atoms with van der Waals surface area (Å²) >= 11 is 0. The zero-order valence-corrected chi connectivity index (χ0v) is 12.9. The molecule has 2 N–H and O–H groups in total. The first-order valence-corrected chi connectivity index (χ1v) is 7.68. The molecule has 1 fully saturated rings. The monoisotopic (exact) mass is 348 g/mol. The maximum absolute atomic E-state index is 12.3. The van der Waals surface area contributed by atoms with E-state index < -0.39 is 35.8 Å². The standard InChI is InChI=1S/C15H19F3N2O4/c16-15(17,18)9-11(21)20-7-3-10(4-8-20)19-12(22)14(13(23)24)5-1-2-6-14/h1-2,10H,3-9H2,(H,19,22)(H,23,24). The SMILES string of the molecule is O=C(CC(F)(F)F)N1CCC(NC(=O)C2(C(=O)O)CC=CC2)CC1. The van der Waals surface area contributed by atoms with Crippen LogP contribution in [-0.2, 0) is 14.4 Å². The van der Waals surface area contributed by atoms with Crippen LogP contribution in [0.1, 0.15) is 32.1 Å². The van der Waals surface area contributed by atoms with Crippen LogP contribution in [0, 0.1) is 5.41 Å². The van der Waals surface area contributed by atoms with Crippen molar-refractivity contribution < 1.29 is 32.7 Å². The number of carbonyl (C=O) groups excluding carboxylic acids is 2. The molecule has 1 saturated heterocycles. The number of carboxylic acid groups (broad SMARTS) is 1. The summed E-state index contributed by atoms with van der Waals surface area (Å²) in [6.07, 6.45) is -1.88. The molecule has 6 nitrogen and oxygen atoms in total. The first-order valence-electron chi connectivity index (χ1n) is 7.68. The molecule has 0 bridgehead atoms. The minimum atomic E-state index is -4.54. The van der Waals surface area contributed by atoms with Gasteiger partial charge in [0.25, 0.3) is 0 Å². The molecule has 1 heterocycles. The Balaban J connectivity index is 1.86. The predicted molar refractivity (Wildman–Crippen MR) is 76.9 cm³/mol. The highest BCUT2D eigenvalue weighted by Crippen LogP contribution is 2.34. The summed E-state index contributed by atoms with van der Waals surface area (Å²) in [7, 11) is 0. The Morgan fingerprint density at radius 1 is 1.17 bits per heavy atom. The van der Waals surface area contributed by atoms with Gasteiger partial charge in [-0.1, -0.05) is 12.2 Å². The first-order chi connectivity index (χ1) is 11.1. The first kappa shape index (κ1) is 18.3. The lowest BCUT2D eigenvalue weighted by Gasteiger charge is -2.34. The Labute approximate surface area is 136 Å². The quantitative estimate of drug-likeness (QED) is 0.595. The average molecular weight is 348 g/mol. The van der Waals surface area contributed by atoms with Crippen LogP contribution in [0.25, 0.3) is 0 Å². The number of hydrogen-bond donors (Lipinski definition) is 2. The molecular weight excluding hydrogens is 329 g/mol. The number of rotatable bonds is 4. The van der Waals surface area contributed by atoms with Gasteiger partial charge in [-0.05, 0) is 25.7 Å². The third-order valence-electron chi connectivity index (χ3n) is 4.48. The summed E-state index contributed by atoms with van der Waals surface area (Å²) in [4.78, 5) is 36.4. The fourth-order valence-electron chi connectivity index (χ4n) is 2.99. The van der Waals surface area contributed by atoms with Gasteiger partial charge in [-0.3, -0.25) is 14.4 Å². The Hall–Kier alpha value is -2.06. The Kier molecular flexibility index (Phi) is 5.19. The fraction of sp³-hybridized carbons (Fsp3) is 0.667. The van der Waals surface area contributed by atoms with E-state index in [2.05, 4.69) is 5.32 Å². The number of allylic oxidation sites excluding steroid dienone is 2. The molecule has 0 aromatic heterocycles. The second-order valence-corrected chi connectivity index (χ2v) is 6.19. The minimum Gasteiger partial charge on any atom is -0.480 e. The van der Waals surface area contributed by atoms with Gasteiger partial charge in [0.2, 0.25) is 11.8 Å². The van der Waals surface area contributed by atoms with Crippen molar-refractivity contribution in [3.63, 3.8) is 0 Å². The summed E-state index contributed by atoms with van der Waals surface area (Å²) in [6, 6.07) is -0.343. The van der Waals surface area contributed by atoms with Gasteiger partial charge in [0.15, 0.2) is 5.41 Å². The van der Waals surface area contributed by atoms with Crippen molar-refractivity contribution in [2.24, 2.45) is 5.41 Å². The second-order valence-electron chi connectivity index (χ2n) is 6.19. The molecule has 0 atom stereocenters. The minimum absolute atomic E-state index is 0.109. The second kappa shape index (κ2) is 6.82. The summed E-state index contributed by atoms with van der Waals surface area (Å²) in [6.45, 7) is 0.219. The van der Waals surface area contributed by atoms with E-state index in [1.807, 2.05) is 0 Å². The maximum atomic E-state index is 12.3. The normalized spacial score (nSPS) is 20.9. The number of halogens is 3. The number of piperidine rings is 1. The third-order valence-corrected chi connectivity index (χ3v) is 4.48. The average Bonchev–Trinajstić information content (AvgIpc) is 2.97. The predicted octanol–water partition coefficient (Wildman–Crippen LogP) is 1.47. The molecule has 1 aliphatic carbocycles. The van der Waals surface area contributed by atoms with E-state index in [-0.39, 0.29) is 32.0 Å². The lowest BCUT2D eigenvalue weighted by atomic mass is 9.84. The molecule has 0 saturated carbocycles.